The second-order valence-electron chi connectivity index (χ2n) is 5.24. The van der Waals surface area contributed by atoms with Crippen LogP contribution in [-0.2, 0) is 4.74 Å². The Morgan fingerprint density at radius 1 is 1.40 bits per heavy atom. The average Bonchev–Trinajstić information content (AvgIpc) is 2.89. The quantitative estimate of drug-likeness (QED) is 0.460. The summed E-state index contributed by atoms with van der Waals surface area (Å²) >= 11 is 1.99. The molecule has 0 amide bonds. The van der Waals surface area contributed by atoms with E-state index in [1.54, 1.807) is 7.11 Å². The first-order valence-corrected chi connectivity index (χ1v) is 8.00. The molecule has 0 bridgehead atoms. The lowest BCUT2D eigenvalue weighted by Gasteiger charge is -2.34. The fourth-order valence-electron chi connectivity index (χ4n) is 2.71. The van der Waals surface area contributed by atoms with Crippen LogP contribution < -0.4 is 16.0 Å². The molecule has 1 aromatic carbocycles. The van der Waals surface area contributed by atoms with Gasteiger partial charge in [-0.3, -0.25) is 11.3 Å². The van der Waals surface area contributed by atoms with E-state index in [1.807, 2.05) is 30.0 Å². The van der Waals surface area contributed by atoms with Crippen LogP contribution >= 0.6 is 11.8 Å². The number of benzene rings is 1. The largest absolute Gasteiger partial charge is 0.491 e. The standard InChI is InChI=1S/C15H24N2O2S/c1-15(8-5-11-20-15)14(17-16)12-6-3-4-7-13(12)19-10-9-18-2/h3-4,6-7,14,17H,5,8-11,16H2,1-2H3. The Morgan fingerprint density at radius 2 is 2.20 bits per heavy atom. The molecule has 1 aliphatic rings. The van der Waals surface area contributed by atoms with Crippen molar-refractivity contribution in [3.8, 4) is 5.75 Å². The number of nitrogens with two attached hydrogens (primary N) is 1. The Kier molecular flexibility index (Phi) is 5.72. The summed E-state index contributed by atoms with van der Waals surface area (Å²) in [6.45, 7) is 3.41. The van der Waals surface area contributed by atoms with Gasteiger partial charge in [-0.1, -0.05) is 18.2 Å². The van der Waals surface area contributed by atoms with E-state index in [9.17, 15) is 0 Å². The Labute approximate surface area is 125 Å². The zero-order valence-electron chi connectivity index (χ0n) is 12.2. The lowest BCUT2D eigenvalue weighted by Crippen LogP contribution is -2.41. The van der Waals surface area contributed by atoms with Crippen molar-refractivity contribution in [3.63, 3.8) is 0 Å². The third-order valence-corrected chi connectivity index (χ3v) is 5.39. The van der Waals surface area contributed by atoms with Gasteiger partial charge in [-0.05, 0) is 31.6 Å². The Hall–Kier alpha value is -0.750. The number of rotatable bonds is 7. The van der Waals surface area contributed by atoms with E-state index in [0.29, 0.717) is 13.2 Å². The van der Waals surface area contributed by atoms with E-state index in [-0.39, 0.29) is 10.8 Å². The van der Waals surface area contributed by atoms with Crippen LogP contribution in [0.25, 0.3) is 0 Å². The maximum absolute atomic E-state index is 5.85. The van der Waals surface area contributed by atoms with Crippen LogP contribution in [0.4, 0.5) is 0 Å². The molecule has 2 atom stereocenters. The van der Waals surface area contributed by atoms with Gasteiger partial charge in [0.15, 0.2) is 0 Å². The molecule has 2 unspecified atom stereocenters. The van der Waals surface area contributed by atoms with Crippen molar-refractivity contribution in [2.24, 2.45) is 5.84 Å². The summed E-state index contributed by atoms with van der Waals surface area (Å²) < 4.78 is 11.0. The average molecular weight is 296 g/mol. The number of hydrazine groups is 1. The van der Waals surface area contributed by atoms with Gasteiger partial charge in [-0.15, -0.1) is 0 Å². The molecule has 0 saturated carbocycles. The molecule has 0 radical (unpaired) electrons. The van der Waals surface area contributed by atoms with Gasteiger partial charge in [-0.25, -0.2) is 0 Å². The van der Waals surface area contributed by atoms with Crippen molar-refractivity contribution in [3.05, 3.63) is 29.8 Å². The molecule has 112 valence electrons. The summed E-state index contributed by atoms with van der Waals surface area (Å²) in [6, 6.07) is 8.21. The van der Waals surface area contributed by atoms with Gasteiger partial charge in [0.05, 0.1) is 12.6 Å². The van der Waals surface area contributed by atoms with Gasteiger partial charge in [0.2, 0.25) is 0 Å². The zero-order valence-corrected chi connectivity index (χ0v) is 13.0. The molecule has 0 spiro atoms. The molecule has 20 heavy (non-hydrogen) atoms. The molecule has 1 saturated heterocycles. The van der Waals surface area contributed by atoms with Crippen molar-refractivity contribution >= 4 is 11.8 Å². The summed E-state index contributed by atoms with van der Waals surface area (Å²) in [5.74, 6) is 7.94. The van der Waals surface area contributed by atoms with Crippen LogP contribution in [0, 0.1) is 0 Å². The molecule has 4 nitrogen and oxygen atoms in total. The molecule has 1 heterocycles. The molecule has 5 heteroatoms. The highest BCUT2D eigenvalue weighted by atomic mass is 32.2. The highest BCUT2D eigenvalue weighted by molar-refractivity contribution is 8.00. The summed E-state index contributed by atoms with van der Waals surface area (Å²) in [6.07, 6.45) is 2.41. The van der Waals surface area contributed by atoms with Gasteiger partial charge in [-0.2, -0.15) is 11.8 Å². The molecule has 0 aliphatic carbocycles. The zero-order chi connectivity index (χ0) is 14.4. The number of para-hydroxylation sites is 1. The third kappa shape index (κ3) is 3.47. The number of hydrogen-bond acceptors (Lipinski definition) is 5. The van der Waals surface area contributed by atoms with Crippen molar-refractivity contribution in [1.82, 2.24) is 5.43 Å². The van der Waals surface area contributed by atoms with E-state index >= 15 is 0 Å². The highest BCUT2D eigenvalue weighted by Gasteiger charge is 2.39. The maximum atomic E-state index is 5.85. The summed E-state index contributed by atoms with van der Waals surface area (Å²) in [4.78, 5) is 0. The van der Waals surface area contributed by atoms with Crippen molar-refractivity contribution in [1.29, 1.82) is 0 Å². The summed E-state index contributed by atoms with van der Waals surface area (Å²) in [7, 11) is 1.68. The summed E-state index contributed by atoms with van der Waals surface area (Å²) in [5, 5.41) is 0. The molecule has 1 fully saturated rings. The molecule has 0 aromatic heterocycles. The van der Waals surface area contributed by atoms with E-state index < -0.39 is 0 Å². The van der Waals surface area contributed by atoms with Crippen LogP contribution in [0.1, 0.15) is 31.4 Å². The van der Waals surface area contributed by atoms with Gasteiger partial charge < -0.3 is 9.47 Å². The predicted molar refractivity (Wildman–Crippen MR) is 84.0 cm³/mol. The number of thioether (sulfide) groups is 1. The second kappa shape index (κ2) is 7.31. The normalized spacial score (nSPS) is 23.8. The Balaban J connectivity index is 2.20. The second-order valence-corrected chi connectivity index (χ2v) is 6.87. The van der Waals surface area contributed by atoms with E-state index in [2.05, 4.69) is 18.4 Å². The fraction of sp³-hybridized carbons (Fsp3) is 0.600. The molecular formula is C15H24N2O2S. The minimum atomic E-state index is 0.0914. The van der Waals surface area contributed by atoms with Crippen LogP contribution in [0.3, 0.4) is 0 Å². The van der Waals surface area contributed by atoms with Gasteiger partial charge in [0.25, 0.3) is 0 Å². The van der Waals surface area contributed by atoms with Crippen LogP contribution in [0.5, 0.6) is 5.75 Å². The van der Waals surface area contributed by atoms with Crippen molar-refractivity contribution < 1.29 is 9.47 Å². The van der Waals surface area contributed by atoms with Gasteiger partial charge in [0.1, 0.15) is 12.4 Å². The molecule has 3 N–H and O–H groups in total. The molecule has 1 aliphatic heterocycles. The number of methoxy groups -OCH3 is 1. The minimum absolute atomic E-state index is 0.0914. The summed E-state index contributed by atoms with van der Waals surface area (Å²) in [5.41, 5.74) is 4.13. The first kappa shape index (κ1) is 15.6. The van der Waals surface area contributed by atoms with Crippen LogP contribution in [0.2, 0.25) is 0 Å². The van der Waals surface area contributed by atoms with E-state index in [0.717, 1.165) is 11.3 Å². The molecule has 2 rings (SSSR count). The van der Waals surface area contributed by atoms with E-state index in [1.165, 1.54) is 18.6 Å². The fourth-order valence-corrected chi connectivity index (χ4v) is 4.11. The smallest absolute Gasteiger partial charge is 0.124 e. The lowest BCUT2D eigenvalue weighted by atomic mass is 9.90. The van der Waals surface area contributed by atoms with Gasteiger partial charge in [0, 0.05) is 17.4 Å². The van der Waals surface area contributed by atoms with Crippen molar-refractivity contribution in [2.75, 3.05) is 26.1 Å². The molecular weight excluding hydrogens is 272 g/mol. The first-order valence-electron chi connectivity index (χ1n) is 7.02. The Morgan fingerprint density at radius 3 is 2.85 bits per heavy atom. The maximum Gasteiger partial charge on any atom is 0.124 e. The van der Waals surface area contributed by atoms with Crippen LogP contribution in [0.15, 0.2) is 24.3 Å². The van der Waals surface area contributed by atoms with Crippen LogP contribution in [-0.4, -0.2) is 30.8 Å². The highest BCUT2D eigenvalue weighted by Crippen LogP contribution is 2.47. The first-order chi connectivity index (χ1) is 9.71. The van der Waals surface area contributed by atoms with E-state index in [4.69, 9.17) is 15.3 Å². The third-order valence-electron chi connectivity index (χ3n) is 3.80. The SMILES string of the molecule is COCCOc1ccccc1C(NN)C1(C)CCCS1. The number of hydrogen-bond donors (Lipinski definition) is 2. The minimum Gasteiger partial charge on any atom is -0.491 e. The topological polar surface area (TPSA) is 56.5 Å². The Bertz CT molecular complexity index is 422. The number of nitrogens with one attached hydrogen (secondary N) is 1. The predicted octanol–water partition coefficient (Wildman–Crippen LogP) is 2.50. The monoisotopic (exact) mass is 296 g/mol. The molecule has 1 aromatic rings. The lowest BCUT2D eigenvalue weighted by molar-refractivity contribution is 0.145. The van der Waals surface area contributed by atoms with Crippen molar-refractivity contribution in [2.45, 2.75) is 30.6 Å². The number of ether oxygens (including phenoxy) is 2. The van der Waals surface area contributed by atoms with Gasteiger partial charge >= 0.3 is 0 Å².